The monoisotopic (exact) mass is 735 g/mol. The molecule has 0 saturated carbocycles. The molecule has 57 heavy (non-hydrogen) atoms. The molecule has 0 spiro atoms. The molecule has 0 unspecified atom stereocenters. The third-order valence-electron chi connectivity index (χ3n) is 10.0. The fraction of sp³-hybridized carbons (Fsp3) is 0. The molecule has 270 valence electrons. The first-order valence-corrected chi connectivity index (χ1v) is 18.7. The quantitative estimate of drug-likeness (QED) is 0.151. The molecule has 0 atom stereocenters. The van der Waals surface area contributed by atoms with Crippen molar-refractivity contribution in [2.75, 3.05) is 5.32 Å². The first kappa shape index (κ1) is 33.7. The maximum atomic E-state index is 9.46. The summed E-state index contributed by atoms with van der Waals surface area (Å²) in [5.74, 6) is 4.07. The Bertz CT molecular complexity index is 2890. The molecule has 1 aliphatic heterocycles. The Labute approximate surface area is 329 Å². The largest absolute Gasteiger partial charge is 0.450 e. The van der Waals surface area contributed by atoms with Gasteiger partial charge in [-0.25, -0.2) is 15.0 Å². The third-order valence-corrected chi connectivity index (χ3v) is 10.0. The molecule has 1 aliphatic rings. The van der Waals surface area contributed by atoms with E-state index in [1.165, 1.54) is 0 Å². The highest BCUT2D eigenvalue weighted by Gasteiger charge is 2.22. The minimum absolute atomic E-state index is 0.421. The number of hydrogen-bond donors (Lipinski definition) is 2. The number of nitrogens with one attached hydrogen (secondary N) is 2. The maximum Gasteiger partial charge on any atom is 0.170 e. The number of fused-ring (bicyclic) bond motifs is 3. The van der Waals surface area contributed by atoms with E-state index >= 15 is 0 Å². The van der Waals surface area contributed by atoms with Gasteiger partial charge in [-0.05, 0) is 65.0 Å². The highest BCUT2D eigenvalue weighted by atomic mass is 16.6. The predicted molar refractivity (Wildman–Crippen MR) is 228 cm³/mol. The molecule has 10 rings (SSSR count). The van der Waals surface area contributed by atoms with Gasteiger partial charge in [0, 0.05) is 38.9 Å². The summed E-state index contributed by atoms with van der Waals surface area (Å²) in [6.45, 7) is 0. The Hall–Kier alpha value is -7.90. The van der Waals surface area contributed by atoms with E-state index < -0.39 is 0 Å². The number of benzene rings is 8. The van der Waals surface area contributed by atoms with E-state index in [4.69, 9.17) is 24.4 Å². The van der Waals surface area contributed by atoms with Crippen molar-refractivity contribution in [2.24, 2.45) is 0 Å². The molecule has 8 aromatic carbocycles. The van der Waals surface area contributed by atoms with E-state index in [0.29, 0.717) is 46.2 Å². The third kappa shape index (κ3) is 6.64. The molecule has 0 aliphatic carbocycles. The molecule has 7 nitrogen and oxygen atoms in total. The van der Waals surface area contributed by atoms with Gasteiger partial charge in [0.1, 0.15) is 0 Å². The van der Waals surface area contributed by atoms with Crippen molar-refractivity contribution in [1.29, 1.82) is 5.41 Å². The fourth-order valence-corrected chi connectivity index (χ4v) is 7.13. The lowest BCUT2D eigenvalue weighted by atomic mass is 9.94. The van der Waals surface area contributed by atoms with Crippen LogP contribution in [0.1, 0.15) is 11.1 Å². The van der Waals surface area contributed by atoms with Gasteiger partial charge < -0.3 is 14.8 Å². The molecule has 0 fully saturated rings. The van der Waals surface area contributed by atoms with Crippen molar-refractivity contribution in [3.63, 3.8) is 0 Å². The fourth-order valence-electron chi connectivity index (χ4n) is 7.13. The first-order chi connectivity index (χ1) is 28.1. The number of nitrogens with zero attached hydrogens (tertiary/aromatic N) is 3. The summed E-state index contributed by atoms with van der Waals surface area (Å²) in [4.78, 5) is 14.6. The molecule has 0 radical (unpaired) electrons. The zero-order valence-electron chi connectivity index (χ0n) is 30.6. The van der Waals surface area contributed by atoms with E-state index in [2.05, 4.69) is 29.6 Å². The lowest BCUT2D eigenvalue weighted by Gasteiger charge is -2.22. The Morgan fingerprint density at radius 2 is 0.947 bits per heavy atom. The molecular formula is C50H33N5O2. The molecule has 2 N–H and O–H groups in total. The maximum absolute atomic E-state index is 9.46. The van der Waals surface area contributed by atoms with Gasteiger partial charge in [0.05, 0.1) is 11.4 Å². The van der Waals surface area contributed by atoms with Gasteiger partial charge in [-0.3, -0.25) is 5.41 Å². The predicted octanol–water partition coefficient (Wildman–Crippen LogP) is 12.8. The Morgan fingerprint density at radius 1 is 0.421 bits per heavy atom. The molecule has 2 heterocycles. The van der Waals surface area contributed by atoms with Crippen LogP contribution >= 0.6 is 0 Å². The average Bonchev–Trinajstić information content (AvgIpc) is 3.28. The minimum atomic E-state index is 0.421. The topological polar surface area (TPSA) is 93.0 Å². The second kappa shape index (κ2) is 14.4. The first-order valence-electron chi connectivity index (χ1n) is 18.7. The number of anilines is 2. The SMILES string of the molecule is N=C(c1cccc(-c2ccc3c(c2)Oc2cc(-c4nc(-c5ccccc5)nc(-c5ccccc5)n4)ccc2O3)c1)c1ccc2ccccc2c1Nc1ccccc1. The van der Waals surface area contributed by atoms with Crippen molar-refractivity contribution < 1.29 is 9.47 Å². The van der Waals surface area contributed by atoms with Gasteiger partial charge in [-0.1, -0.05) is 140 Å². The summed E-state index contributed by atoms with van der Waals surface area (Å²) >= 11 is 0. The van der Waals surface area contributed by atoms with Crippen LogP contribution in [0.4, 0.5) is 11.4 Å². The van der Waals surface area contributed by atoms with Crippen molar-refractivity contribution in [3.05, 3.63) is 199 Å². The Balaban J connectivity index is 0.965. The summed E-state index contributed by atoms with van der Waals surface area (Å²) in [5, 5.41) is 15.2. The smallest absolute Gasteiger partial charge is 0.170 e. The van der Waals surface area contributed by atoms with Crippen LogP contribution in [0, 0.1) is 5.41 Å². The molecule has 0 saturated heterocycles. The van der Waals surface area contributed by atoms with Crippen LogP contribution in [-0.4, -0.2) is 20.7 Å². The summed E-state index contributed by atoms with van der Waals surface area (Å²) in [6.07, 6.45) is 0. The van der Waals surface area contributed by atoms with Gasteiger partial charge in [0.15, 0.2) is 40.5 Å². The van der Waals surface area contributed by atoms with Crippen LogP contribution < -0.4 is 14.8 Å². The zero-order chi connectivity index (χ0) is 38.1. The lowest BCUT2D eigenvalue weighted by Crippen LogP contribution is -2.06. The molecule has 0 amide bonds. The normalized spacial score (nSPS) is 11.5. The van der Waals surface area contributed by atoms with Gasteiger partial charge in [0.2, 0.25) is 0 Å². The average molecular weight is 736 g/mol. The van der Waals surface area contributed by atoms with Crippen LogP contribution in [0.2, 0.25) is 0 Å². The molecule has 0 bridgehead atoms. The second-order valence-corrected chi connectivity index (χ2v) is 13.7. The van der Waals surface area contributed by atoms with Crippen molar-refractivity contribution in [2.45, 2.75) is 0 Å². The number of hydrogen-bond acceptors (Lipinski definition) is 7. The highest BCUT2D eigenvalue weighted by Crippen LogP contribution is 2.48. The Morgan fingerprint density at radius 3 is 1.63 bits per heavy atom. The molecular weight excluding hydrogens is 703 g/mol. The van der Waals surface area contributed by atoms with Gasteiger partial charge in [-0.2, -0.15) is 0 Å². The van der Waals surface area contributed by atoms with Gasteiger partial charge in [0.25, 0.3) is 0 Å². The van der Waals surface area contributed by atoms with E-state index in [-0.39, 0.29) is 0 Å². The van der Waals surface area contributed by atoms with Crippen LogP contribution in [0.15, 0.2) is 188 Å². The van der Waals surface area contributed by atoms with Crippen molar-refractivity contribution in [1.82, 2.24) is 15.0 Å². The summed E-state index contributed by atoms with van der Waals surface area (Å²) in [5.41, 5.74) is 8.36. The zero-order valence-corrected chi connectivity index (χ0v) is 30.6. The van der Waals surface area contributed by atoms with Crippen LogP contribution in [-0.2, 0) is 0 Å². The summed E-state index contributed by atoms with van der Waals surface area (Å²) < 4.78 is 12.9. The number of para-hydroxylation sites is 1. The van der Waals surface area contributed by atoms with Crippen LogP contribution in [0.25, 0.3) is 56.1 Å². The minimum Gasteiger partial charge on any atom is -0.450 e. The summed E-state index contributed by atoms with van der Waals surface area (Å²) in [7, 11) is 0. The lowest BCUT2D eigenvalue weighted by molar-refractivity contribution is 0.360. The van der Waals surface area contributed by atoms with Gasteiger partial charge in [-0.15, -0.1) is 0 Å². The summed E-state index contributed by atoms with van der Waals surface area (Å²) in [6, 6.07) is 62.0. The van der Waals surface area contributed by atoms with Crippen molar-refractivity contribution in [3.8, 4) is 68.3 Å². The number of ether oxygens (including phenoxy) is 2. The number of aromatic nitrogens is 3. The van der Waals surface area contributed by atoms with E-state index in [1.54, 1.807) is 0 Å². The van der Waals surface area contributed by atoms with E-state index in [0.717, 1.165) is 61.1 Å². The van der Waals surface area contributed by atoms with Crippen LogP contribution in [0.3, 0.4) is 0 Å². The van der Waals surface area contributed by atoms with E-state index in [1.807, 2.05) is 164 Å². The van der Waals surface area contributed by atoms with Gasteiger partial charge >= 0.3 is 0 Å². The van der Waals surface area contributed by atoms with Crippen molar-refractivity contribution >= 4 is 27.9 Å². The Kier molecular flexibility index (Phi) is 8.50. The van der Waals surface area contributed by atoms with Crippen LogP contribution in [0.5, 0.6) is 23.0 Å². The standard InChI is InChI=1S/C50H33N5O2/c51-46(41-26-23-32-13-10-11-22-40(32)47(41)52-39-20-8-3-9-21-39)37-19-12-18-35(29-37)36-24-27-42-44(30-36)57-45-31-38(25-28-43(45)56-42)50-54-48(33-14-4-1-5-15-33)53-49(55-50)34-16-6-2-7-17-34/h1-31,51-52H. The highest BCUT2D eigenvalue weighted by molar-refractivity contribution is 6.18. The van der Waals surface area contributed by atoms with E-state index in [9.17, 15) is 5.41 Å². The molecule has 9 aromatic rings. The second-order valence-electron chi connectivity index (χ2n) is 13.7. The molecule has 7 heteroatoms. The molecule has 1 aromatic heterocycles. The number of rotatable bonds is 8.